The summed E-state index contributed by atoms with van der Waals surface area (Å²) in [6, 6.07) is 10.6. The Kier molecular flexibility index (Phi) is 5.16. The molecule has 9 heteroatoms. The van der Waals surface area contributed by atoms with Crippen molar-refractivity contribution in [2.75, 3.05) is 25.2 Å². The lowest BCUT2D eigenvalue weighted by Crippen LogP contribution is -2.40. The van der Waals surface area contributed by atoms with Crippen molar-refractivity contribution in [1.82, 2.24) is 4.90 Å². The minimum atomic E-state index is -3.27. The number of rotatable bonds is 5. The number of amides is 1. The van der Waals surface area contributed by atoms with Crippen LogP contribution in [0, 0.1) is 0 Å². The number of nitrogens with zero attached hydrogens (tertiary/aromatic N) is 1. The Morgan fingerprint density at radius 3 is 2.61 bits per heavy atom. The molecule has 172 valence electrons. The average Bonchev–Trinajstić information content (AvgIpc) is 3.31. The number of ether oxygens (including phenoxy) is 2. The highest BCUT2D eigenvalue weighted by Gasteiger charge is 2.48. The van der Waals surface area contributed by atoms with Crippen molar-refractivity contribution in [3.63, 3.8) is 0 Å². The third-order valence-electron chi connectivity index (χ3n) is 6.22. The molecule has 8 nitrogen and oxygen atoms in total. The fraction of sp³-hybridized carbons (Fsp3) is 0.333. The van der Waals surface area contributed by atoms with E-state index < -0.39 is 27.8 Å². The first-order chi connectivity index (χ1) is 15.8. The quantitative estimate of drug-likeness (QED) is 0.566. The molecule has 0 unspecified atom stereocenters. The van der Waals surface area contributed by atoms with E-state index in [1.807, 2.05) is 6.92 Å². The number of hydrogen-bond donors (Lipinski definition) is 0. The van der Waals surface area contributed by atoms with Crippen LogP contribution < -0.4 is 14.9 Å². The van der Waals surface area contributed by atoms with Crippen molar-refractivity contribution >= 4 is 26.7 Å². The number of carbonyl (C=O) groups excluding carboxylic acids is 1. The largest absolute Gasteiger partial charge is 0.493 e. The highest BCUT2D eigenvalue weighted by atomic mass is 32.2. The van der Waals surface area contributed by atoms with Crippen LogP contribution in [0.3, 0.4) is 0 Å². The lowest BCUT2D eigenvalue weighted by molar-refractivity contribution is 0.0662. The molecule has 1 aromatic heterocycles. The van der Waals surface area contributed by atoms with E-state index in [-0.39, 0.29) is 28.3 Å². The Bertz CT molecular complexity index is 1430. The molecule has 0 spiro atoms. The smallest absolute Gasteiger partial charge is 0.291 e. The summed E-state index contributed by atoms with van der Waals surface area (Å²) in [5, 5.41) is 0.368. The second-order valence-corrected chi connectivity index (χ2v) is 10.4. The molecule has 1 amide bonds. The van der Waals surface area contributed by atoms with Crippen LogP contribution in [-0.4, -0.2) is 50.5 Å². The molecule has 0 saturated carbocycles. The number of hydrogen-bond acceptors (Lipinski definition) is 7. The van der Waals surface area contributed by atoms with Gasteiger partial charge in [0.25, 0.3) is 5.91 Å². The van der Waals surface area contributed by atoms with Gasteiger partial charge in [0.2, 0.25) is 5.76 Å². The molecule has 0 aliphatic carbocycles. The molecule has 0 radical (unpaired) electrons. The molecule has 2 aromatic carbocycles. The van der Waals surface area contributed by atoms with E-state index in [9.17, 15) is 18.0 Å². The summed E-state index contributed by atoms with van der Waals surface area (Å²) in [6.07, 6.45) is 0.306. The summed E-state index contributed by atoms with van der Waals surface area (Å²) in [5.41, 5.74) is 0.850. The molecule has 2 atom stereocenters. The summed E-state index contributed by atoms with van der Waals surface area (Å²) in [6.45, 7) is 2.31. The van der Waals surface area contributed by atoms with Gasteiger partial charge in [0, 0.05) is 6.04 Å². The number of fused-ring (bicyclic) bond motifs is 2. The van der Waals surface area contributed by atoms with Crippen molar-refractivity contribution in [2.24, 2.45) is 0 Å². The summed E-state index contributed by atoms with van der Waals surface area (Å²) in [5.74, 6) is 0.327. The van der Waals surface area contributed by atoms with Gasteiger partial charge in [-0.05, 0) is 43.2 Å². The van der Waals surface area contributed by atoms with Crippen molar-refractivity contribution in [3.8, 4) is 11.5 Å². The Labute approximate surface area is 190 Å². The van der Waals surface area contributed by atoms with Crippen molar-refractivity contribution in [1.29, 1.82) is 0 Å². The standard InChI is InChI=1S/C24H23NO7S/c1-3-31-18-9-8-14(12-19(18)30-2)21-20-22(26)16-6-4-5-7-17(16)32-23(20)24(27)25(21)15-10-11-33(28,29)13-15/h4-9,12,15,21H,3,10-11,13H2,1-2H3/t15-,21-/m1/s1. The molecule has 3 aromatic rings. The Hall–Kier alpha value is -3.33. The van der Waals surface area contributed by atoms with E-state index in [1.54, 1.807) is 42.5 Å². The third-order valence-corrected chi connectivity index (χ3v) is 7.97. The lowest BCUT2D eigenvalue weighted by Gasteiger charge is -2.30. The number of para-hydroxylation sites is 1. The number of methoxy groups -OCH3 is 1. The van der Waals surface area contributed by atoms with Crippen LogP contribution in [0.5, 0.6) is 11.5 Å². The minimum absolute atomic E-state index is 0.000458. The van der Waals surface area contributed by atoms with Crippen LogP contribution in [0.4, 0.5) is 0 Å². The highest BCUT2D eigenvalue weighted by Crippen LogP contribution is 2.43. The molecule has 2 aliphatic heterocycles. The van der Waals surface area contributed by atoms with E-state index >= 15 is 0 Å². The summed E-state index contributed by atoms with van der Waals surface area (Å²) < 4.78 is 41.5. The maximum atomic E-state index is 13.5. The predicted molar refractivity (Wildman–Crippen MR) is 122 cm³/mol. The normalized spacial score (nSPS) is 21.4. The maximum Gasteiger partial charge on any atom is 0.291 e. The summed E-state index contributed by atoms with van der Waals surface area (Å²) in [4.78, 5) is 28.6. The van der Waals surface area contributed by atoms with Gasteiger partial charge in [-0.3, -0.25) is 9.59 Å². The molecule has 2 aliphatic rings. The van der Waals surface area contributed by atoms with Crippen LogP contribution in [-0.2, 0) is 9.84 Å². The van der Waals surface area contributed by atoms with Crippen molar-refractivity contribution in [2.45, 2.75) is 25.4 Å². The Balaban J connectivity index is 1.73. The van der Waals surface area contributed by atoms with E-state index in [1.165, 1.54) is 12.0 Å². The zero-order chi connectivity index (χ0) is 23.3. The zero-order valence-corrected chi connectivity index (χ0v) is 19.1. The lowest BCUT2D eigenvalue weighted by atomic mass is 9.97. The molecular formula is C24H23NO7S. The van der Waals surface area contributed by atoms with Gasteiger partial charge in [0.15, 0.2) is 26.8 Å². The number of benzene rings is 2. The van der Waals surface area contributed by atoms with E-state index in [0.29, 0.717) is 41.1 Å². The van der Waals surface area contributed by atoms with E-state index in [4.69, 9.17) is 13.9 Å². The van der Waals surface area contributed by atoms with Gasteiger partial charge in [-0.2, -0.15) is 0 Å². The van der Waals surface area contributed by atoms with Gasteiger partial charge in [-0.25, -0.2) is 8.42 Å². The fourth-order valence-corrected chi connectivity index (χ4v) is 6.48. The van der Waals surface area contributed by atoms with E-state index in [0.717, 1.165) is 0 Å². The van der Waals surface area contributed by atoms with Gasteiger partial charge in [0.05, 0.1) is 42.2 Å². The highest BCUT2D eigenvalue weighted by molar-refractivity contribution is 7.91. The van der Waals surface area contributed by atoms with Crippen molar-refractivity contribution < 1.29 is 27.1 Å². The van der Waals surface area contributed by atoms with Gasteiger partial charge in [-0.15, -0.1) is 0 Å². The molecule has 1 saturated heterocycles. The maximum absolute atomic E-state index is 13.5. The van der Waals surface area contributed by atoms with Gasteiger partial charge >= 0.3 is 0 Å². The fourth-order valence-electron chi connectivity index (χ4n) is 4.76. The molecule has 5 rings (SSSR count). The summed E-state index contributed by atoms with van der Waals surface area (Å²) >= 11 is 0. The SMILES string of the molecule is CCOc1ccc([C@@H]2c3c(oc4ccccc4c3=O)C(=O)N2[C@@H]2CCS(=O)(=O)C2)cc1OC. The second kappa shape index (κ2) is 7.91. The van der Waals surface area contributed by atoms with E-state index in [2.05, 4.69) is 0 Å². The molecule has 0 bridgehead atoms. The minimum Gasteiger partial charge on any atom is -0.493 e. The monoisotopic (exact) mass is 469 g/mol. The zero-order valence-electron chi connectivity index (χ0n) is 18.2. The van der Waals surface area contributed by atoms with Crippen LogP contribution in [0.2, 0.25) is 0 Å². The Morgan fingerprint density at radius 2 is 1.91 bits per heavy atom. The third kappa shape index (κ3) is 3.47. The van der Waals surface area contributed by atoms with Crippen LogP contribution in [0.15, 0.2) is 51.7 Å². The molecular weight excluding hydrogens is 446 g/mol. The summed E-state index contributed by atoms with van der Waals surface area (Å²) in [7, 11) is -1.76. The second-order valence-electron chi connectivity index (χ2n) is 8.19. The molecule has 33 heavy (non-hydrogen) atoms. The average molecular weight is 470 g/mol. The predicted octanol–water partition coefficient (Wildman–Crippen LogP) is 2.93. The molecule has 0 N–H and O–H groups in total. The molecule has 3 heterocycles. The van der Waals surface area contributed by atoms with Crippen LogP contribution in [0.1, 0.15) is 41.1 Å². The first-order valence-corrected chi connectivity index (χ1v) is 12.6. The topological polar surface area (TPSA) is 103 Å². The number of carbonyl (C=O) groups is 1. The van der Waals surface area contributed by atoms with Gasteiger partial charge < -0.3 is 18.8 Å². The van der Waals surface area contributed by atoms with Crippen molar-refractivity contribution in [3.05, 3.63) is 69.6 Å². The van der Waals surface area contributed by atoms with Gasteiger partial charge in [0.1, 0.15) is 5.58 Å². The Morgan fingerprint density at radius 1 is 1.12 bits per heavy atom. The first-order valence-electron chi connectivity index (χ1n) is 10.7. The van der Waals surface area contributed by atoms with Crippen LogP contribution >= 0.6 is 0 Å². The molecule has 1 fully saturated rings. The first kappa shape index (κ1) is 21.5. The number of sulfone groups is 1. The van der Waals surface area contributed by atoms with Gasteiger partial charge in [-0.1, -0.05) is 18.2 Å². The van der Waals surface area contributed by atoms with Crippen LogP contribution in [0.25, 0.3) is 11.0 Å².